The number of morpholine rings is 1. The Morgan fingerprint density at radius 1 is 1.14 bits per heavy atom. The molecule has 0 amide bonds. The van der Waals surface area contributed by atoms with Gasteiger partial charge in [-0.15, -0.1) is 24.0 Å². The molecule has 0 radical (unpaired) electrons. The van der Waals surface area contributed by atoms with Crippen LogP contribution >= 0.6 is 35.6 Å². The average Bonchev–Trinajstić information content (AvgIpc) is 2.73. The van der Waals surface area contributed by atoms with Crippen LogP contribution in [0.15, 0.2) is 29.3 Å². The molecule has 6 nitrogen and oxygen atoms in total. The van der Waals surface area contributed by atoms with Gasteiger partial charge >= 0.3 is 0 Å². The zero-order valence-electron chi connectivity index (χ0n) is 17.2. The number of hydrogen-bond acceptors (Lipinski definition) is 4. The van der Waals surface area contributed by atoms with Crippen LogP contribution < -0.4 is 11.1 Å². The lowest BCUT2D eigenvalue weighted by Crippen LogP contribution is -2.39. The predicted molar refractivity (Wildman–Crippen MR) is 131 cm³/mol. The summed E-state index contributed by atoms with van der Waals surface area (Å²) in [7, 11) is 0. The Balaban J connectivity index is 0.00000300. The third kappa shape index (κ3) is 8.96. The number of benzene rings is 1. The van der Waals surface area contributed by atoms with Gasteiger partial charge < -0.3 is 15.8 Å². The standard InChI is InChI=1S/C21H34ClN5O.HI/c22-20-5-2-1-4-19(20)17-27-10-6-18(7-11-27)16-25-21(23)24-8-3-9-26-12-14-28-15-13-26;/h1-2,4-5,18H,3,6-17H2,(H3,23,24,25);1H. The number of piperidine rings is 1. The van der Waals surface area contributed by atoms with Crippen molar-refractivity contribution in [1.29, 1.82) is 0 Å². The molecule has 164 valence electrons. The van der Waals surface area contributed by atoms with Crippen LogP contribution in [0, 0.1) is 5.92 Å². The molecule has 8 heteroatoms. The molecule has 2 aliphatic rings. The van der Waals surface area contributed by atoms with Crippen molar-refractivity contribution >= 4 is 41.5 Å². The van der Waals surface area contributed by atoms with Crippen LogP contribution in [0.25, 0.3) is 0 Å². The van der Waals surface area contributed by atoms with E-state index in [-0.39, 0.29) is 24.0 Å². The SMILES string of the molecule is I.NC(=NCC1CCN(Cc2ccccc2Cl)CC1)NCCCN1CCOCC1. The Bertz CT molecular complexity index is 619. The molecule has 0 aliphatic carbocycles. The van der Waals surface area contributed by atoms with E-state index in [1.54, 1.807) is 0 Å². The van der Waals surface area contributed by atoms with Gasteiger partial charge in [0.15, 0.2) is 5.96 Å². The summed E-state index contributed by atoms with van der Waals surface area (Å²) in [5, 5.41) is 4.12. The Morgan fingerprint density at radius 3 is 2.59 bits per heavy atom. The number of guanidine groups is 1. The van der Waals surface area contributed by atoms with Gasteiger partial charge in [-0.3, -0.25) is 14.8 Å². The Labute approximate surface area is 197 Å². The van der Waals surface area contributed by atoms with E-state index in [0.717, 1.165) is 89.9 Å². The number of hydrogen-bond donors (Lipinski definition) is 2. The summed E-state index contributed by atoms with van der Waals surface area (Å²) in [4.78, 5) is 9.49. The summed E-state index contributed by atoms with van der Waals surface area (Å²) in [5.41, 5.74) is 7.25. The van der Waals surface area contributed by atoms with E-state index < -0.39 is 0 Å². The minimum Gasteiger partial charge on any atom is -0.379 e. The molecule has 1 aromatic rings. The Kier molecular flexibility index (Phi) is 11.6. The summed E-state index contributed by atoms with van der Waals surface area (Å²) in [6, 6.07) is 8.12. The van der Waals surface area contributed by atoms with E-state index in [0.29, 0.717) is 11.9 Å². The van der Waals surface area contributed by atoms with Gasteiger partial charge in [0.25, 0.3) is 0 Å². The van der Waals surface area contributed by atoms with Gasteiger partial charge in [-0.1, -0.05) is 29.8 Å². The molecule has 0 spiro atoms. The van der Waals surface area contributed by atoms with Gasteiger partial charge in [0.05, 0.1) is 13.2 Å². The lowest BCUT2D eigenvalue weighted by molar-refractivity contribution is 0.0376. The van der Waals surface area contributed by atoms with E-state index in [9.17, 15) is 0 Å². The highest BCUT2D eigenvalue weighted by Gasteiger charge is 2.19. The quantitative estimate of drug-likeness (QED) is 0.232. The minimum atomic E-state index is 0. The maximum absolute atomic E-state index is 6.28. The first kappa shape index (κ1) is 24.7. The van der Waals surface area contributed by atoms with Crippen LogP contribution in [0.5, 0.6) is 0 Å². The fourth-order valence-corrected chi connectivity index (χ4v) is 4.02. The van der Waals surface area contributed by atoms with Gasteiger partial charge in [-0.25, -0.2) is 0 Å². The van der Waals surface area contributed by atoms with Crippen LogP contribution in [0.1, 0.15) is 24.8 Å². The summed E-state index contributed by atoms with van der Waals surface area (Å²) in [6.07, 6.45) is 3.41. The molecule has 3 N–H and O–H groups in total. The normalized spacial score (nSPS) is 19.7. The summed E-state index contributed by atoms with van der Waals surface area (Å²) in [5.74, 6) is 1.21. The van der Waals surface area contributed by atoms with Gasteiger partial charge in [0.2, 0.25) is 0 Å². The van der Waals surface area contributed by atoms with Crippen LogP contribution in [0.3, 0.4) is 0 Å². The lowest BCUT2D eigenvalue weighted by Gasteiger charge is -2.31. The second kappa shape index (κ2) is 13.6. The van der Waals surface area contributed by atoms with Crippen molar-refractivity contribution in [3.63, 3.8) is 0 Å². The molecule has 2 saturated heterocycles. The van der Waals surface area contributed by atoms with Crippen molar-refractivity contribution in [3.05, 3.63) is 34.9 Å². The van der Waals surface area contributed by atoms with Crippen molar-refractivity contribution < 1.29 is 4.74 Å². The van der Waals surface area contributed by atoms with Crippen molar-refractivity contribution in [1.82, 2.24) is 15.1 Å². The second-order valence-electron chi connectivity index (χ2n) is 7.77. The van der Waals surface area contributed by atoms with Crippen LogP contribution in [-0.4, -0.2) is 74.8 Å². The highest BCUT2D eigenvalue weighted by Crippen LogP contribution is 2.22. The molecule has 29 heavy (non-hydrogen) atoms. The molecule has 1 aromatic carbocycles. The lowest BCUT2D eigenvalue weighted by atomic mass is 9.96. The maximum Gasteiger partial charge on any atom is 0.188 e. The van der Waals surface area contributed by atoms with Crippen molar-refractivity contribution in [2.24, 2.45) is 16.6 Å². The van der Waals surface area contributed by atoms with Crippen LogP contribution in [-0.2, 0) is 11.3 Å². The van der Waals surface area contributed by atoms with E-state index in [1.807, 2.05) is 12.1 Å². The molecule has 2 heterocycles. The van der Waals surface area contributed by atoms with E-state index in [2.05, 4.69) is 32.2 Å². The van der Waals surface area contributed by atoms with Gasteiger partial charge in [0, 0.05) is 37.7 Å². The Morgan fingerprint density at radius 2 is 1.86 bits per heavy atom. The number of rotatable bonds is 8. The summed E-state index contributed by atoms with van der Waals surface area (Å²) in [6.45, 7) is 9.71. The summed E-state index contributed by atoms with van der Waals surface area (Å²) >= 11 is 6.28. The number of likely N-dealkylation sites (tertiary alicyclic amines) is 1. The topological polar surface area (TPSA) is 66.1 Å². The molecule has 2 aliphatic heterocycles. The number of nitrogens with zero attached hydrogens (tertiary/aromatic N) is 3. The van der Waals surface area contributed by atoms with E-state index in [1.165, 1.54) is 5.56 Å². The molecule has 2 fully saturated rings. The third-order valence-electron chi connectivity index (χ3n) is 5.64. The molecule has 0 saturated carbocycles. The molecule has 3 rings (SSSR count). The van der Waals surface area contributed by atoms with Crippen LogP contribution in [0.4, 0.5) is 0 Å². The molecular weight excluding hydrogens is 501 g/mol. The maximum atomic E-state index is 6.28. The van der Waals surface area contributed by atoms with Crippen molar-refractivity contribution in [3.8, 4) is 0 Å². The molecule has 0 aromatic heterocycles. The zero-order chi connectivity index (χ0) is 19.6. The first-order valence-corrected chi connectivity index (χ1v) is 10.9. The van der Waals surface area contributed by atoms with E-state index in [4.69, 9.17) is 22.1 Å². The van der Waals surface area contributed by atoms with E-state index >= 15 is 0 Å². The number of aliphatic imine (C=N–C) groups is 1. The fourth-order valence-electron chi connectivity index (χ4n) is 3.82. The molecule has 0 atom stereocenters. The largest absolute Gasteiger partial charge is 0.379 e. The van der Waals surface area contributed by atoms with Crippen molar-refractivity contribution in [2.75, 3.05) is 59.0 Å². The van der Waals surface area contributed by atoms with Gasteiger partial charge in [-0.05, 0) is 56.4 Å². The smallest absolute Gasteiger partial charge is 0.188 e. The van der Waals surface area contributed by atoms with Crippen LogP contribution in [0.2, 0.25) is 5.02 Å². The third-order valence-corrected chi connectivity index (χ3v) is 6.01. The zero-order valence-corrected chi connectivity index (χ0v) is 20.3. The van der Waals surface area contributed by atoms with Crippen molar-refractivity contribution in [2.45, 2.75) is 25.8 Å². The second-order valence-corrected chi connectivity index (χ2v) is 8.18. The average molecular weight is 536 g/mol. The fraction of sp³-hybridized carbons (Fsp3) is 0.667. The highest BCUT2D eigenvalue weighted by molar-refractivity contribution is 14.0. The predicted octanol–water partition coefficient (Wildman–Crippen LogP) is 2.80. The number of ether oxygens (including phenoxy) is 1. The number of nitrogens with one attached hydrogen (secondary N) is 1. The number of halogens is 2. The van der Waals surface area contributed by atoms with Gasteiger partial charge in [0.1, 0.15) is 0 Å². The first-order valence-electron chi connectivity index (χ1n) is 10.5. The molecule has 0 bridgehead atoms. The molecule has 0 unspecified atom stereocenters. The van der Waals surface area contributed by atoms with Gasteiger partial charge in [-0.2, -0.15) is 0 Å². The monoisotopic (exact) mass is 535 g/mol. The summed E-state index contributed by atoms with van der Waals surface area (Å²) < 4.78 is 5.37. The first-order chi connectivity index (χ1) is 13.7. The highest BCUT2D eigenvalue weighted by atomic mass is 127. The minimum absolute atomic E-state index is 0. The number of nitrogens with two attached hydrogens (primary N) is 1. The molecular formula is C21H35ClIN5O. The Hall–Kier alpha value is -0.610.